The van der Waals surface area contributed by atoms with E-state index in [1.54, 1.807) is 18.2 Å². The van der Waals surface area contributed by atoms with Gasteiger partial charge in [-0.05, 0) is 30.5 Å². The number of hydrogen-bond acceptors (Lipinski definition) is 3. The van der Waals surface area contributed by atoms with Crippen LogP contribution in [0.25, 0.3) is 0 Å². The van der Waals surface area contributed by atoms with Gasteiger partial charge in [-0.1, -0.05) is 26.0 Å². The lowest BCUT2D eigenvalue weighted by molar-refractivity contribution is 0.110. The zero-order chi connectivity index (χ0) is 13.6. The van der Waals surface area contributed by atoms with Gasteiger partial charge in [0.05, 0.1) is 4.90 Å². The predicted octanol–water partition coefficient (Wildman–Crippen LogP) is 1.35. The van der Waals surface area contributed by atoms with E-state index in [1.807, 2.05) is 26.8 Å². The highest BCUT2D eigenvalue weighted by molar-refractivity contribution is 7.89. The van der Waals surface area contributed by atoms with Gasteiger partial charge in [0.25, 0.3) is 0 Å². The van der Waals surface area contributed by atoms with Crippen LogP contribution in [0.3, 0.4) is 0 Å². The summed E-state index contributed by atoms with van der Waals surface area (Å²) < 4.78 is 26.2. The summed E-state index contributed by atoms with van der Waals surface area (Å²) in [4.78, 5) is 0.355. The van der Waals surface area contributed by atoms with E-state index < -0.39 is 10.0 Å². The molecular weight excluding hydrogens is 248 g/mol. The maximum absolute atomic E-state index is 12.3. The Morgan fingerprint density at radius 3 is 2.44 bits per heavy atom. The molecule has 100 valence electrons. The second-order valence-corrected chi connectivity index (χ2v) is 7.42. The molecule has 4 nitrogen and oxygen atoms in total. The van der Waals surface area contributed by atoms with Gasteiger partial charge in [-0.2, -0.15) is 4.31 Å². The van der Waals surface area contributed by atoms with Gasteiger partial charge in [-0.3, -0.25) is 0 Å². The molecule has 1 fully saturated rings. The van der Waals surface area contributed by atoms with Crippen LogP contribution in [0.1, 0.15) is 19.4 Å². The van der Waals surface area contributed by atoms with Gasteiger partial charge in [0.2, 0.25) is 10.0 Å². The molecule has 18 heavy (non-hydrogen) atoms. The van der Waals surface area contributed by atoms with Crippen molar-refractivity contribution in [1.29, 1.82) is 0 Å². The quantitative estimate of drug-likeness (QED) is 0.900. The van der Waals surface area contributed by atoms with Crippen molar-refractivity contribution in [3.05, 3.63) is 29.8 Å². The van der Waals surface area contributed by atoms with Crippen LogP contribution in [0.15, 0.2) is 29.2 Å². The maximum Gasteiger partial charge on any atom is 0.243 e. The normalized spacial score (nSPS) is 19.8. The highest BCUT2D eigenvalue weighted by Crippen LogP contribution is 2.31. The molecule has 0 bridgehead atoms. The van der Waals surface area contributed by atoms with E-state index >= 15 is 0 Å². The fourth-order valence-electron chi connectivity index (χ4n) is 2.07. The molecule has 1 aliphatic rings. The summed E-state index contributed by atoms with van der Waals surface area (Å²) in [7, 11) is -3.38. The lowest BCUT2D eigenvalue weighted by Crippen LogP contribution is -2.70. The fourth-order valence-corrected chi connectivity index (χ4v) is 3.77. The van der Waals surface area contributed by atoms with Crippen molar-refractivity contribution < 1.29 is 8.42 Å². The summed E-state index contributed by atoms with van der Waals surface area (Å²) in [6.45, 7) is 6.74. The zero-order valence-electron chi connectivity index (χ0n) is 11.1. The highest BCUT2D eigenvalue weighted by atomic mass is 32.2. The van der Waals surface area contributed by atoms with Crippen molar-refractivity contribution in [2.24, 2.45) is 11.7 Å². The average Bonchev–Trinajstić information content (AvgIpc) is 2.24. The van der Waals surface area contributed by atoms with Crippen molar-refractivity contribution in [3.8, 4) is 0 Å². The van der Waals surface area contributed by atoms with Gasteiger partial charge in [0.1, 0.15) is 0 Å². The molecule has 0 aromatic heterocycles. The molecule has 0 radical (unpaired) electrons. The van der Waals surface area contributed by atoms with Gasteiger partial charge < -0.3 is 5.73 Å². The van der Waals surface area contributed by atoms with Crippen LogP contribution in [-0.2, 0) is 10.0 Å². The minimum atomic E-state index is -3.38. The molecular formula is C13H20N2O2S. The number of nitrogens with zero attached hydrogens (tertiary/aromatic N) is 1. The van der Waals surface area contributed by atoms with E-state index in [-0.39, 0.29) is 11.5 Å². The molecule has 1 saturated heterocycles. The van der Waals surface area contributed by atoms with Crippen LogP contribution in [0.5, 0.6) is 0 Å². The van der Waals surface area contributed by atoms with Crippen molar-refractivity contribution in [2.75, 3.05) is 13.1 Å². The molecule has 0 atom stereocenters. The van der Waals surface area contributed by atoms with Crippen LogP contribution in [0.4, 0.5) is 0 Å². The highest BCUT2D eigenvalue weighted by Gasteiger charge is 2.47. The van der Waals surface area contributed by atoms with Gasteiger partial charge in [-0.15, -0.1) is 0 Å². The third-order valence-corrected chi connectivity index (χ3v) is 5.51. The van der Waals surface area contributed by atoms with Crippen molar-refractivity contribution >= 4 is 10.0 Å². The van der Waals surface area contributed by atoms with Crippen LogP contribution >= 0.6 is 0 Å². The molecule has 1 aromatic rings. The first-order valence-electron chi connectivity index (χ1n) is 6.11. The zero-order valence-corrected chi connectivity index (χ0v) is 11.9. The van der Waals surface area contributed by atoms with Crippen LogP contribution in [0.2, 0.25) is 0 Å². The molecule has 2 rings (SSSR count). The molecule has 5 heteroatoms. The van der Waals surface area contributed by atoms with E-state index in [0.29, 0.717) is 18.0 Å². The van der Waals surface area contributed by atoms with Gasteiger partial charge in [0, 0.05) is 18.6 Å². The van der Waals surface area contributed by atoms with Crippen molar-refractivity contribution in [1.82, 2.24) is 4.31 Å². The summed E-state index contributed by atoms with van der Waals surface area (Å²) in [5.74, 6) is 0.279. The van der Waals surface area contributed by atoms with Crippen LogP contribution in [-0.4, -0.2) is 31.4 Å². The van der Waals surface area contributed by atoms with E-state index in [9.17, 15) is 8.42 Å². The Labute approximate surface area is 109 Å². The first-order chi connectivity index (χ1) is 8.25. The Morgan fingerprint density at radius 1 is 1.33 bits per heavy atom. The van der Waals surface area contributed by atoms with Crippen molar-refractivity contribution in [3.63, 3.8) is 0 Å². The fraction of sp³-hybridized carbons (Fsp3) is 0.538. The van der Waals surface area contributed by atoms with Crippen LogP contribution < -0.4 is 5.73 Å². The predicted molar refractivity (Wildman–Crippen MR) is 71.7 cm³/mol. The Balaban J connectivity index is 2.21. The molecule has 2 N–H and O–H groups in total. The van der Waals surface area contributed by atoms with Crippen LogP contribution in [0, 0.1) is 12.8 Å². The minimum Gasteiger partial charge on any atom is -0.323 e. The Kier molecular flexibility index (Phi) is 3.25. The van der Waals surface area contributed by atoms with Gasteiger partial charge in [-0.25, -0.2) is 8.42 Å². The third kappa shape index (κ3) is 2.18. The van der Waals surface area contributed by atoms with E-state index in [2.05, 4.69) is 0 Å². The third-order valence-electron chi connectivity index (χ3n) is 3.72. The van der Waals surface area contributed by atoms with Crippen molar-refractivity contribution in [2.45, 2.75) is 31.2 Å². The Hall–Kier alpha value is -0.910. The minimum absolute atomic E-state index is 0.279. The lowest BCUT2D eigenvalue weighted by Gasteiger charge is -2.49. The molecule has 0 spiro atoms. The largest absolute Gasteiger partial charge is 0.323 e. The summed E-state index contributed by atoms with van der Waals surface area (Å²) in [5.41, 5.74) is 6.70. The first-order valence-corrected chi connectivity index (χ1v) is 7.55. The SMILES string of the molecule is Cc1cccc(S(=O)(=O)N2CC(N)(C(C)C)C2)c1. The smallest absolute Gasteiger partial charge is 0.243 e. The number of aryl methyl sites for hydroxylation is 1. The molecule has 0 aliphatic carbocycles. The summed E-state index contributed by atoms with van der Waals surface area (Å²) in [5, 5.41) is 0. The van der Waals surface area contributed by atoms with E-state index in [4.69, 9.17) is 5.73 Å². The monoisotopic (exact) mass is 268 g/mol. The second-order valence-electron chi connectivity index (χ2n) is 5.48. The molecule has 0 saturated carbocycles. The molecule has 1 aliphatic heterocycles. The number of sulfonamides is 1. The maximum atomic E-state index is 12.3. The first kappa shape index (κ1) is 13.5. The summed E-state index contributed by atoms with van der Waals surface area (Å²) in [6.07, 6.45) is 0. The Bertz CT molecular complexity index is 546. The molecule has 1 heterocycles. The Morgan fingerprint density at radius 2 is 1.94 bits per heavy atom. The topological polar surface area (TPSA) is 63.4 Å². The number of benzene rings is 1. The van der Waals surface area contributed by atoms with Gasteiger partial charge in [0.15, 0.2) is 0 Å². The molecule has 0 amide bonds. The number of nitrogens with two attached hydrogens (primary N) is 1. The van der Waals surface area contributed by atoms with Gasteiger partial charge >= 0.3 is 0 Å². The standard InChI is InChI=1S/C13H20N2O2S/c1-10(2)13(14)8-15(9-13)18(16,17)12-6-4-5-11(3)7-12/h4-7,10H,8-9,14H2,1-3H3. The lowest BCUT2D eigenvalue weighted by atomic mass is 9.82. The molecule has 1 aromatic carbocycles. The summed E-state index contributed by atoms with van der Waals surface area (Å²) in [6, 6.07) is 6.98. The number of rotatable bonds is 3. The number of hydrogen-bond donors (Lipinski definition) is 1. The summed E-state index contributed by atoms with van der Waals surface area (Å²) >= 11 is 0. The van der Waals surface area contributed by atoms with E-state index in [0.717, 1.165) is 5.56 Å². The second kappa shape index (κ2) is 4.33. The van der Waals surface area contributed by atoms with E-state index in [1.165, 1.54) is 4.31 Å². The average molecular weight is 268 g/mol. The molecule has 0 unspecified atom stereocenters.